The van der Waals surface area contributed by atoms with Crippen LogP contribution in [0.5, 0.6) is 0 Å². The molecule has 9 nitrogen and oxygen atoms in total. The van der Waals surface area contributed by atoms with Crippen LogP contribution in [0.15, 0.2) is 66.3 Å². The van der Waals surface area contributed by atoms with Crippen molar-refractivity contribution < 1.29 is 19.2 Å². The van der Waals surface area contributed by atoms with Gasteiger partial charge in [0.25, 0.3) is 11.8 Å². The van der Waals surface area contributed by atoms with Crippen LogP contribution in [-0.4, -0.2) is 46.1 Å². The van der Waals surface area contributed by atoms with E-state index in [0.717, 1.165) is 5.56 Å². The topological polar surface area (TPSA) is 130 Å². The number of nitrogens with one attached hydrogen (secondary N) is 3. The molecule has 32 heavy (non-hydrogen) atoms. The summed E-state index contributed by atoms with van der Waals surface area (Å²) in [5.74, 6) is -2.72. The first-order valence-corrected chi connectivity index (χ1v) is 10.6. The molecule has 2 heterocycles. The molecule has 0 fully saturated rings. The molecule has 10 heteroatoms. The first kappa shape index (κ1) is 22.8. The Labute approximate surface area is 188 Å². The number of carbonyl (C=O) groups excluding carboxylic acids is 4. The van der Waals surface area contributed by atoms with Gasteiger partial charge in [0.15, 0.2) is 0 Å². The lowest BCUT2D eigenvalue weighted by molar-refractivity contribution is -0.140. The van der Waals surface area contributed by atoms with Crippen LogP contribution in [0.3, 0.4) is 0 Å². The van der Waals surface area contributed by atoms with Crippen molar-refractivity contribution in [2.24, 2.45) is 0 Å². The van der Waals surface area contributed by atoms with Crippen molar-refractivity contribution in [2.75, 3.05) is 6.54 Å². The number of Topliss-reactive ketones (excluding diaryl/α,β-unsaturated/α-hetero) is 1. The molecule has 0 saturated heterocycles. The highest BCUT2D eigenvalue weighted by Gasteiger charge is 2.27. The monoisotopic (exact) mass is 451 g/mol. The molecule has 0 saturated carbocycles. The Morgan fingerprint density at radius 1 is 0.906 bits per heavy atom. The standard InChI is InChI=1S/C22H21N5O4S/c28-18(13-25-21(30)16-8-4-5-9-23-16)27-17(12-15-6-2-1-3-7-15)20(29)22(31)26-14-19-24-10-11-32-19/h1-11,17H,12-14H2,(H,25,30)(H,26,31)(H,27,28)/t17-/m1/s1. The summed E-state index contributed by atoms with van der Waals surface area (Å²) in [5.41, 5.74) is 0.940. The molecule has 1 atom stereocenters. The number of aromatic nitrogens is 2. The molecule has 3 N–H and O–H groups in total. The lowest BCUT2D eigenvalue weighted by Gasteiger charge is -2.18. The predicted molar refractivity (Wildman–Crippen MR) is 118 cm³/mol. The second-order valence-electron chi connectivity index (χ2n) is 6.68. The summed E-state index contributed by atoms with van der Waals surface area (Å²) in [4.78, 5) is 57.6. The van der Waals surface area contributed by atoms with Gasteiger partial charge < -0.3 is 16.0 Å². The van der Waals surface area contributed by atoms with Gasteiger partial charge in [-0.25, -0.2) is 4.98 Å². The molecule has 3 aromatic rings. The zero-order valence-corrected chi connectivity index (χ0v) is 17.8. The number of thiazole rings is 1. The third-order valence-electron chi connectivity index (χ3n) is 4.35. The normalized spacial score (nSPS) is 11.2. The van der Waals surface area contributed by atoms with Gasteiger partial charge in [0.1, 0.15) is 16.7 Å². The fourth-order valence-electron chi connectivity index (χ4n) is 2.79. The number of amides is 3. The van der Waals surface area contributed by atoms with E-state index in [-0.39, 0.29) is 25.2 Å². The number of nitrogens with zero attached hydrogens (tertiary/aromatic N) is 2. The minimum Gasteiger partial charge on any atom is -0.344 e. The number of pyridine rings is 1. The van der Waals surface area contributed by atoms with Crippen molar-refractivity contribution >= 4 is 34.8 Å². The van der Waals surface area contributed by atoms with Crippen LogP contribution in [0.2, 0.25) is 0 Å². The van der Waals surface area contributed by atoms with Crippen molar-refractivity contribution in [3.63, 3.8) is 0 Å². The average Bonchev–Trinajstić information content (AvgIpc) is 3.35. The van der Waals surface area contributed by atoms with Gasteiger partial charge >= 0.3 is 0 Å². The molecule has 2 aromatic heterocycles. The van der Waals surface area contributed by atoms with Crippen molar-refractivity contribution in [1.29, 1.82) is 0 Å². The third kappa shape index (κ3) is 6.81. The zero-order chi connectivity index (χ0) is 22.8. The van der Waals surface area contributed by atoms with E-state index in [0.29, 0.717) is 5.01 Å². The number of hydrogen-bond donors (Lipinski definition) is 3. The molecular formula is C22H21N5O4S. The molecule has 3 amide bonds. The summed E-state index contributed by atoms with van der Waals surface area (Å²) in [6.45, 7) is -0.247. The summed E-state index contributed by atoms with van der Waals surface area (Å²) in [6.07, 6.45) is 3.20. The molecule has 0 aliphatic rings. The molecule has 0 unspecified atom stereocenters. The first-order valence-electron chi connectivity index (χ1n) is 9.76. The zero-order valence-electron chi connectivity index (χ0n) is 17.0. The summed E-state index contributed by atoms with van der Waals surface area (Å²) in [5, 5.41) is 9.95. The molecule has 3 rings (SSSR count). The van der Waals surface area contributed by atoms with E-state index >= 15 is 0 Å². The van der Waals surface area contributed by atoms with E-state index < -0.39 is 29.5 Å². The second-order valence-corrected chi connectivity index (χ2v) is 7.66. The van der Waals surface area contributed by atoms with Crippen LogP contribution < -0.4 is 16.0 Å². The Morgan fingerprint density at radius 3 is 2.38 bits per heavy atom. The number of carbonyl (C=O) groups is 4. The van der Waals surface area contributed by atoms with Crippen molar-refractivity contribution in [1.82, 2.24) is 25.9 Å². The lowest BCUT2D eigenvalue weighted by atomic mass is 10.0. The van der Waals surface area contributed by atoms with Gasteiger partial charge in [-0.05, 0) is 17.7 Å². The van der Waals surface area contributed by atoms with Crippen molar-refractivity contribution in [2.45, 2.75) is 19.0 Å². The Morgan fingerprint density at radius 2 is 1.69 bits per heavy atom. The molecular weight excluding hydrogens is 430 g/mol. The van der Waals surface area contributed by atoms with E-state index in [2.05, 4.69) is 25.9 Å². The first-order chi connectivity index (χ1) is 15.5. The van der Waals surface area contributed by atoms with Crippen molar-refractivity contribution in [3.8, 4) is 0 Å². The van der Waals surface area contributed by atoms with Gasteiger partial charge in [-0.1, -0.05) is 36.4 Å². The fourth-order valence-corrected chi connectivity index (χ4v) is 3.35. The Kier molecular flexibility index (Phi) is 8.15. The van der Waals surface area contributed by atoms with Crippen LogP contribution in [0.1, 0.15) is 21.1 Å². The van der Waals surface area contributed by atoms with Crippen LogP contribution >= 0.6 is 11.3 Å². The quantitative estimate of drug-likeness (QED) is 0.392. The Balaban J connectivity index is 1.61. The van der Waals surface area contributed by atoms with Gasteiger partial charge in [-0.15, -0.1) is 11.3 Å². The van der Waals surface area contributed by atoms with E-state index in [1.165, 1.54) is 23.6 Å². The maximum atomic E-state index is 12.8. The van der Waals surface area contributed by atoms with Crippen LogP contribution in [0.25, 0.3) is 0 Å². The summed E-state index contributed by atoms with van der Waals surface area (Å²) in [7, 11) is 0. The van der Waals surface area contributed by atoms with Gasteiger partial charge in [0.05, 0.1) is 13.1 Å². The van der Waals surface area contributed by atoms with E-state index in [1.807, 2.05) is 6.07 Å². The number of hydrogen-bond acceptors (Lipinski definition) is 7. The summed E-state index contributed by atoms with van der Waals surface area (Å²) < 4.78 is 0. The van der Waals surface area contributed by atoms with Crippen molar-refractivity contribution in [3.05, 3.63) is 82.6 Å². The summed E-state index contributed by atoms with van der Waals surface area (Å²) in [6, 6.07) is 12.8. The van der Waals surface area contributed by atoms with Gasteiger partial charge in [0, 0.05) is 24.2 Å². The minimum atomic E-state index is -1.09. The SMILES string of the molecule is O=C(CNC(=O)c1ccccn1)N[C@H](Cc1ccccc1)C(=O)C(=O)NCc1nccs1. The van der Waals surface area contributed by atoms with Gasteiger partial charge in [-0.3, -0.25) is 24.2 Å². The maximum Gasteiger partial charge on any atom is 0.289 e. The Hall–Kier alpha value is -3.92. The molecule has 1 aromatic carbocycles. The second kappa shape index (κ2) is 11.5. The average molecular weight is 452 g/mol. The van der Waals surface area contributed by atoms with Crippen LogP contribution in [0, 0.1) is 0 Å². The number of benzene rings is 1. The summed E-state index contributed by atoms with van der Waals surface area (Å²) >= 11 is 1.35. The van der Waals surface area contributed by atoms with Gasteiger partial charge in [-0.2, -0.15) is 0 Å². The molecule has 0 aliphatic heterocycles. The largest absolute Gasteiger partial charge is 0.344 e. The maximum absolute atomic E-state index is 12.8. The highest BCUT2D eigenvalue weighted by molar-refractivity contribution is 7.09. The smallest absolute Gasteiger partial charge is 0.289 e. The minimum absolute atomic E-state index is 0.119. The van der Waals surface area contributed by atoms with E-state index in [9.17, 15) is 19.2 Å². The predicted octanol–water partition coefficient (Wildman–Crippen LogP) is 0.881. The third-order valence-corrected chi connectivity index (χ3v) is 5.13. The molecule has 0 radical (unpaired) electrons. The van der Waals surface area contributed by atoms with E-state index in [1.54, 1.807) is 48.0 Å². The Bertz CT molecular complexity index is 1060. The number of rotatable bonds is 10. The lowest BCUT2D eigenvalue weighted by Crippen LogP contribution is -2.50. The highest BCUT2D eigenvalue weighted by Crippen LogP contribution is 2.06. The molecule has 0 bridgehead atoms. The van der Waals surface area contributed by atoms with Crippen LogP contribution in [-0.2, 0) is 27.3 Å². The van der Waals surface area contributed by atoms with E-state index in [4.69, 9.17) is 0 Å². The number of ketones is 1. The van der Waals surface area contributed by atoms with Crippen LogP contribution in [0.4, 0.5) is 0 Å². The molecule has 164 valence electrons. The molecule has 0 aliphatic carbocycles. The van der Waals surface area contributed by atoms with Gasteiger partial charge in [0.2, 0.25) is 11.7 Å². The molecule has 0 spiro atoms. The fraction of sp³-hybridized carbons (Fsp3) is 0.182. The highest BCUT2D eigenvalue weighted by atomic mass is 32.1.